The number of benzene rings is 1. The number of aromatic nitrogens is 2. The fourth-order valence-electron chi connectivity index (χ4n) is 4.65. The van der Waals surface area contributed by atoms with Crippen molar-refractivity contribution in [3.63, 3.8) is 0 Å². The van der Waals surface area contributed by atoms with Gasteiger partial charge in [0.25, 0.3) is 0 Å². The highest BCUT2D eigenvalue weighted by molar-refractivity contribution is 5.98. The molecule has 2 aliphatic rings. The van der Waals surface area contributed by atoms with Crippen LogP contribution in [0.5, 0.6) is 0 Å². The van der Waals surface area contributed by atoms with E-state index in [-0.39, 0.29) is 23.0 Å². The second-order valence-corrected chi connectivity index (χ2v) is 9.09. The number of hydrogen-bond donors (Lipinski definition) is 1. The lowest BCUT2D eigenvalue weighted by Gasteiger charge is -2.30. The summed E-state index contributed by atoms with van der Waals surface area (Å²) >= 11 is 0. The minimum Gasteiger partial charge on any atom is -0.378 e. The zero-order valence-corrected chi connectivity index (χ0v) is 19.6. The van der Waals surface area contributed by atoms with Gasteiger partial charge in [-0.2, -0.15) is 5.26 Å². The van der Waals surface area contributed by atoms with E-state index in [0.717, 1.165) is 31.3 Å². The molecule has 0 unspecified atom stereocenters. The van der Waals surface area contributed by atoms with E-state index in [9.17, 15) is 14.4 Å². The Bertz CT molecular complexity index is 1290. The number of pyridine rings is 2. The average Bonchev–Trinajstić information content (AvgIpc) is 2.89. The summed E-state index contributed by atoms with van der Waals surface area (Å²) in [6.45, 7) is 4.19. The van der Waals surface area contributed by atoms with Crippen LogP contribution in [0.15, 0.2) is 36.5 Å². The lowest BCUT2D eigenvalue weighted by molar-refractivity contribution is 0.0852. The van der Waals surface area contributed by atoms with Crippen molar-refractivity contribution in [2.24, 2.45) is 5.92 Å². The zero-order valence-electron chi connectivity index (χ0n) is 19.6. The Morgan fingerprint density at radius 1 is 1.17 bits per heavy atom. The van der Waals surface area contributed by atoms with Gasteiger partial charge in [-0.3, -0.25) is 4.79 Å². The number of carbonyl (C=O) groups excluding carboxylic acids is 1. The van der Waals surface area contributed by atoms with Gasteiger partial charge in [-0.15, -0.1) is 0 Å². The number of nitrogens with one attached hydrogen (secondary N) is 1. The van der Waals surface area contributed by atoms with Crippen molar-refractivity contribution in [2.45, 2.75) is 12.8 Å². The molecule has 0 radical (unpaired) electrons. The molecule has 0 spiro atoms. The molecule has 0 bridgehead atoms. The first-order chi connectivity index (χ1) is 17.0. The number of ether oxygens (including phenoxy) is 1. The Morgan fingerprint density at radius 3 is 2.69 bits per heavy atom. The lowest BCUT2D eigenvalue weighted by atomic mass is 9.91. The Morgan fingerprint density at radius 2 is 1.94 bits per heavy atom. The third-order valence-corrected chi connectivity index (χ3v) is 6.74. The molecule has 0 saturated carbocycles. The summed E-state index contributed by atoms with van der Waals surface area (Å²) in [5.74, 6) is -0.0772. The molecule has 1 aromatic carbocycles. The molecular formula is C26H27FN6O2. The van der Waals surface area contributed by atoms with Gasteiger partial charge in [0.2, 0.25) is 0 Å². The molecule has 180 valence electrons. The Labute approximate surface area is 203 Å². The molecule has 2 aromatic heterocycles. The van der Waals surface area contributed by atoms with Crippen LogP contribution < -0.4 is 10.2 Å². The number of piperidine rings is 1. The van der Waals surface area contributed by atoms with E-state index in [1.807, 2.05) is 11.0 Å². The number of nitriles is 1. The maximum Gasteiger partial charge on any atom is 0.184 e. The van der Waals surface area contributed by atoms with E-state index in [1.54, 1.807) is 24.4 Å². The highest BCUT2D eigenvalue weighted by atomic mass is 19.1. The molecule has 2 aliphatic heterocycles. The minimum atomic E-state index is -0.542. The number of likely N-dealkylation sites (tertiary alicyclic amines) is 1. The number of morpholine rings is 1. The summed E-state index contributed by atoms with van der Waals surface area (Å²) in [4.78, 5) is 26.3. The smallest absolute Gasteiger partial charge is 0.184 e. The highest BCUT2D eigenvalue weighted by Crippen LogP contribution is 2.30. The quantitative estimate of drug-likeness (QED) is 0.559. The van der Waals surface area contributed by atoms with Gasteiger partial charge in [-0.1, -0.05) is 0 Å². The van der Waals surface area contributed by atoms with Crippen molar-refractivity contribution < 1.29 is 13.9 Å². The first-order valence-corrected chi connectivity index (χ1v) is 11.8. The van der Waals surface area contributed by atoms with Crippen molar-refractivity contribution in [2.75, 3.05) is 56.7 Å². The summed E-state index contributed by atoms with van der Waals surface area (Å²) < 4.78 is 20.2. The number of ketones is 1. The third-order valence-electron chi connectivity index (χ3n) is 6.74. The van der Waals surface area contributed by atoms with Gasteiger partial charge in [0, 0.05) is 36.7 Å². The normalized spacial score (nSPS) is 17.3. The maximum atomic E-state index is 14.8. The Kier molecular flexibility index (Phi) is 6.57. The number of fused-ring (bicyclic) bond motifs is 1. The van der Waals surface area contributed by atoms with E-state index in [2.05, 4.69) is 33.3 Å². The number of hydrogen-bond acceptors (Lipinski definition) is 8. The van der Waals surface area contributed by atoms with Crippen molar-refractivity contribution >= 4 is 33.9 Å². The first kappa shape index (κ1) is 23.1. The van der Waals surface area contributed by atoms with E-state index in [0.29, 0.717) is 49.0 Å². The number of rotatable bonds is 5. The van der Waals surface area contributed by atoms with E-state index in [4.69, 9.17) is 4.74 Å². The predicted octanol–water partition coefficient (Wildman–Crippen LogP) is 3.75. The average molecular weight is 475 g/mol. The number of Topliss-reactive ketones (excluding diaryl/α,β-unsaturated/α-hetero) is 1. The summed E-state index contributed by atoms with van der Waals surface area (Å²) in [7, 11) is 2.07. The SMILES string of the molecule is CN1CCC(C(=O)c2ccc3cnc(Nc4cc(N5CCOCC5)c(C#N)cc4F)cc3n2)CC1. The maximum absolute atomic E-state index is 14.8. The fraction of sp³-hybridized carbons (Fsp3) is 0.385. The van der Waals surface area contributed by atoms with Crippen molar-refractivity contribution in [1.82, 2.24) is 14.9 Å². The second-order valence-electron chi connectivity index (χ2n) is 9.09. The monoisotopic (exact) mass is 474 g/mol. The Hall–Kier alpha value is -3.61. The van der Waals surface area contributed by atoms with Crippen LogP contribution >= 0.6 is 0 Å². The van der Waals surface area contributed by atoms with E-state index >= 15 is 0 Å². The summed E-state index contributed by atoms with van der Waals surface area (Å²) in [6, 6.07) is 10.3. The molecule has 0 atom stereocenters. The molecule has 0 amide bonds. The van der Waals surface area contributed by atoms with Crippen LogP contribution in [0.1, 0.15) is 28.9 Å². The molecule has 1 N–H and O–H groups in total. The van der Waals surface area contributed by atoms with Gasteiger partial charge in [-0.05, 0) is 57.2 Å². The number of anilines is 3. The summed E-state index contributed by atoms with van der Waals surface area (Å²) in [5.41, 5.74) is 2.22. The van der Waals surface area contributed by atoms with Crippen molar-refractivity contribution in [1.29, 1.82) is 5.26 Å². The molecule has 35 heavy (non-hydrogen) atoms. The summed E-state index contributed by atoms with van der Waals surface area (Å²) in [6.07, 6.45) is 3.32. The van der Waals surface area contributed by atoms with Crippen LogP contribution in [-0.4, -0.2) is 67.1 Å². The zero-order chi connectivity index (χ0) is 24.4. The van der Waals surface area contributed by atoms with Crippen molar-refractivity contribution in [3.8, 4) is 6.07 Å². The van der Waals surface area contributed by atoms with Crippen LogP contribution in [0.2, 0.25) is 0 Å². The Balaban J connectivity index is 1.41. The molecule has 8 nitrogen and oxygen atoms in total. The third kappa shape index (κ3) is 4.94. The van der Waals surface area contributed by atoms with E-state index < -0.39 is 5.82 Å². The number of halogens is 1. The molecule has 0 aliphatic carbocycles. The molecule has 2 saturated heterocycles. The van der Waals surface area contributed by atoms with Crippen LogP contribution in [0.3, 0.4) is 0 Å². The van der Waals surface area contributed by atoms with Crippen LogP contribution in [-0.2, 0) is 4.74 Å². The molecule has 4 heterocycles. The lowest BCUT2D eigenvalue weighted by Crippen LogP contribution is -2.36. The van der Waals surface area contributed by atoms with Gasteiger partial charge >= 0.3 is 0 Å². The van der Waals surface area contributed by atoms with Crippen molar-refractivity contribution in [3.05, 3.63) is 53.6 Å². The van der Waals surface area contributed by atoms with E-state index in [1.165, 1.54) is 6.07 Å². The molecule has 2 fully saturated rings. The fourth-order valence-corrected chi connectivity index (χ4v) is 4.65. The summed E-state index contributed by atoms with van der Waals surface area (Å²) in [5, 5.41) is 13.3. The predicted molar refractivity (Wildman–Crippen MR) is 132 cm³/mol. The van der Waals surface area contributed by atoms with Crippen LogP contribution in [0, 0.1) is 23.1 Å². The molecule has 3 aromatic rings. The molecule has 9 heteroatoms. The molecular weight excluding hydrogens is 447 g/mol. The van der Waals surface area contributed by atoms with Gasteiger partial charge in [0.1, 0.15) is 23.4 Å². The largest absolute Gasteiger partial charge is 0.378 e. The topological polar surface area (TPSA) is 94.4 Å². The second kappa shape index (κ2) is 9.94. The minimum absolute atomic E-state index is 0.0121. The van der Waals surface area contributed by atoms with Gasteiger partial charge in [-0.25, -0.2) is 14.4 Å². The van der Waals surface area contributed by atoms with Crippen LogP contribution in [0.4, 0.5) is 21.6 Å². The molecule has 5 rings (SSSR count). The highest BCUT2D eigenvalue weighted by Gasteiger charge is 2.25. The number of carbonyl (C=O) groups is 1. The number of nitrogens with zero attached hydrogens (tertiary/aromatic N) is 5. The van der Waals surface area contributed by atoms with Gasteiger partial charge < -0.3 is 19.9 Å². The van der Waals surface area contributed by atoms with Gasteiger partial charge in [0.15, 0.2) is 5.78 Å². The van der Waals surface area contributed by atoms with Crippen LogP contribution in [0.25, 0.3) is 10.9 Å². The standard InChI is InChI=1S/C26H27FN6O2/c1-32-6-4-17(5-7-32)26(34)21-3-2-18-16-29-25(14-22(18)30-21)31-23-13-24(19(15-28)12-20(23)27)33-8-10-35-11-9-33/h2-3,12-14,16-17H,4-11H2,1H3,(H,29,31). The van der Waals surface area contributed by atoms with Gasteiger partial charge in [0.05, 0.1) is 35.7 Å². The first-order valence-electron chi connectivity index (χ1n) is 11.8.